The molecule has 0 bridgehead atoms. The molecule has 4 nitrogen and oxygen atoms in total. The van der Waals surface area contributed by atoms with E-state index in [4.69, 9.17) is 9.52 Å². The minimum absolute atomic E-state index is 0. The van der Waals surface area contributed by atoms with Gasteiger partial charge < -0.3 is 14.3 Å². The van der Waals surface area contributed by atoms with Gasteiger partial charge >= 0.3 is 18.9 Å². The summed E-state index contributed by atoms with van der Waals surface area (Å²) in [5.74, 6) is -1.12. The summed E-state index contributed by atoms with van der Waals surface area (Å²) in [6.45, 7) is 0. The van der Waals surface area contributed by atoms with Crippen molar-refractivity contribution in [1.29, 1.82) is 0 Å². The molecule has 0 saturated heterocycles. The predicted octanol–water partition coefficient (Wildman–Crippen LogP) is -0.551. The molecule has 0 aliphatic rings. The number of para-hydroxylation sites is 1. The smallest absolute Gasteiger partial charge is 0.513 e. The first-order valence-electron chi connectivity index (χ1n) is 5.28. The van der Waals surface area contributed by atoms with Crippen LogP contribution in [0, 0.1) is 6.07 Å². The Hall–Kier alpha value is -2.02. The third-order valence-electron chi connectivity index (χ3n) is 2.72. The molecule has 3 aromatic rings. The summed E-state index contributed by atoms with van der Waals surface area (Å²) >= 11 is 0. The van der Waals surface area contributed by atoms with Crippen molar-refractivity contribution < 1.29 is 33.2 Å². The molecule has 0 saturated carbocycles. The molecule has 88 valence electrons. The van der Waals surface area contributed by atoms with Crippen LogP contribution in [0.1, 0.15) is 10.4 Å². The summed E-state index contributed by atoms with van der Waals surface area (Å²) in [6, 6.07) is 12.3. The first kappa shape index (κ1) is 13.4. The number of carbonyl (C=O) groups is 1. The van der Waals surface area contributed by atoms with Crippen LogP contribution in [-0.4, -0.2) is 11.1 Å². The van der Waals surface area contributed by atoms with Gasteiger partial charge in [0.2, 0.25) is 0 Å². The van der Waals surface area contributed by atoms with Gasteiger partial charge in [0.1, 0.15) is 11.0 Å². The van der Waals surface area contributed by atoms with E-state index in [0.29, 0.717) is 16.6 Å². The first-order chi connectivity index (χ1) is 8.66. The summed E-state index contributed by atoms with van der Waals surface area (Å²) in [5, 5.41) is 9.47. The minimum Gasteiger partial charge on any atom is -0.513 e. The Morgan fingerprint density at radius 3 is 2.58 bits per heavy atom. The van der Waals surface area contributed by atoms with E-state index in [1.165, 1.54) is 12.1 Å². The molecule has 0 aliphatic carbocycles. The van der Waals surface area contributed by atoms with E-state index in [1.807, 2.05) is 0 Å². The molecule has 0 amide bonds. The monoisotopic (exact) mass is 246 g/mol. The van der Waals surface area contributed by atoms with Crippen LogP contribution in [0.25, 0.3) is 21.9 Å². The van der Waals surface area contributed by atoms with E-state index >= 15 is 0 Å². The van der Waals surface area contributed by atoms with Crippen molar-refractivity contribution in [2.75, 3.05) is 0 Å². The molecule has 0 fully saturated rings. The molecule has 0 aliphatic heterocycles. The SMILES string of the molecule is O=C(O)c1[c-]c2c(=O)c3ccccc3oc2cc1.[Li+]. The largest absolute Gasteiger partial charge is 1.00 e. The summed E-state index contributed by atoms with van der Waals surface area (Å²) < 4.78 is 5.54. The quantitative estimate of drug-likeness (QED) is 0.355. The number of carboxylic acid groups (broad SMARTS) is 1. The van der Waals surface area contributed by atoms with Crippen LogP contribution in [-0.2, 0) is 0 Å². The standard InChI is InChI=1S/C14H7O4.Li/c15-13-9-3-1-2-4-11(9)18-12-6-5-8(14(16)17)7-10(12)13;/h1-6H,(H,16,17);/q-1;+1. The molecule has 2 aromatic carbocycles. The second-order valence-electron chi connectivity index (χ2n) is 3.84. The van der Waals surface area contributed by atoms with Gasteiger partial charge in [-0.1, -0.05) is 24.3 Å². The Morgan fingerprint density at radius 2 is 1.84 bits per heavy atom. The van der Waals surface area contributed by atoms with Crippen LogP contribution < -0.4 is 24.3 Å². The Morgan fingerprint density at radius 1 is 1.11 bits per heavy atom. The van der Waals surface area contributed by atoms with Gasteiger partial charge in [0.15, 0.2) is 0 Å². The number of hydrogen-bond acceptors (Lipinski definition) is 3. The fourth-order valence-electron chi connectivity index (χ4n) is 1.86. The number of fused-ring (bicyclic) bond motifs is 2. The second-order valence-corrected chi connectivity index (χ2v) is 3.84. The average Bonchev–Trinajstić information content (AvgIpc) is 2.38. The van der Waals surface area contributed by atoms with Gasteiger partial charge in [-0.15, -0.1) is 12.1 Å². The first-order valence-corrected chi connectivity index (χ1v) is 5.28. The van der Waals surface area contributed by atoms with E-state index in [-0.39, 0.29) is 35.2 Å². The minimum atomic E-state index is -1.12. The van der Waals surface area contributed by atoms with E-state index in [0.717, 1.165) is 0 Å². The van der Waals surface area contributed by atoms with Crippen molar-refractivity contribution in [3.8, 4) is 0 Å². The molecular weight excluding hydrogens is 239 g/mol. The zero-order valence-electron chi connectivity index (χ0n) is 10.1. The number of benzene rings is 2. The van der Waals surface area contributed by atoms with Crippen molar-refractivity contribution in [2.24, 2.45) is 0 Å². The topological polar surface area (TPSA) is 67.5 Å². The van der Waals surface area contributed by atoms with Gasteiger partial charge in [-0.2, -0.15) is 0 Å². The molecule has 1 heterocycles. The molecule has 5 heteroatoms. The number of hydrogen-bond donors (Lipinski definition) is 1. The van der Waals surface area contributed by atoms with Crippen LogP contribution in [0.2, 0.25) is 0 Å². The molecule has 0 radical (unpaired) electrons. The van der Waals surface area contributed by atoms with Crippen molar-refractivity contribution in [2.45, 2.75) is 0 Å². The summed E-state index contributed by atoms with van der Waals surface area (Å²) in [7, 11) is 0. The zero-order chi connectivity index (χ0) is 12.7. The van der Waals surface area contributed by atoms with E-state index < -0.39 is 5.97 Å². The van der Waals surface area contributed by atoms with Crippen molar-refractivity contribution in [1.82, 2.24) is 0 Å². The Kier molecular flexibility index (Phi) is 3.48. The van der Waals surface area contributed by atoms with Crippen LogP contribution in [0.3, 0.4) is 0 Å². The maximum atomic E-state index is 12.2. The Bertz CT molecular complexity index is 836. The van der Waals surface area contributed by atoms with Crippen LogP contribution in [0.15, 0.2) is 45.6 Å². The maximum absolute atomic E-state index is 12.2. The summed E-state index contributed by atoms with van der Waals surface area (Å²) in [5.41, 5.74) is 0.496. The third-order valence-corrected chi connectivity index (χ3v) is 2.72. The Balaban J connectivity index is 0.00000133. The average molecular weight is 246 g/mol. The normalized spacial score (nSPS) is 10.3. The van der Waals surface area contributed by atoms with Gasteiger partial charge in [0.05, 0.1) is 5.58 Å². The van der Waals surface area contributed by atoms with Gasteiger partial charge in [-0.3, -0.25) is 4.79 Å². The summed E-state index contributed by atoms with van der Waals surface area (Å²) in [6.07, 6.45) is 0. The molecule has 0 unspecified atom stereocenters. The van der Waals surface area contributed by atoms with E-state index in [1.54, 1.807) is 24.3 Å². The van der Waals surface area contributed by atoms with Crippen molar-refractivity contribution >= 4 is 27.9 Å². The molecule has 1 aromatic heterocycles. The number of carboxylic acids is 1. The zero-order valence-corrected chi connectivity index (χ0v) is 10.1. The summed E-state index contributed by atoms with van der Waals surface area (Å²) in [4.78, 5) is 23.0. The maximum Gasteiger partial charge on any atom is 1.00 e. The molecule has 0 spiro atoms. The fourth-order valence-corrected chi connectivity index (χ4v) is 1.86. The Labute approximate surface area is 119 Å². The van der Waals surface area contributed by atoms with Gasteiger partial charge in [-0.25, -0.2) is 0 Å². The molecule has 19 heavy (non-hydrogen) atoms. The van der Waals surface area contributed by atoms with Crippen LogP contribution in [0.4, 0.5) is 0 Å². The van der Waals surface area contributed by atoms with Gasteiger partial charge in [-0.05, 0) is 17.0 Å². The second kappa shape index (κ2) is 4.92. The van der Waals surface area contributed by atoms with Gasteiger partial charge in [0, 0.05) is 5.39 Å². The van der Waals surface area contributed by atoms with E-state index in [2.05, 4.69) is 6.07 Å². The predicted molar refractivity (Wildman–Crippen MR) is 65.8 cm³/mol. The van der Waals surface area contributed by atoms with Crippen LogP contribution in [0.5, 0.6) is 0 Å². The van der Waals surface area contributed by atoms with Gasteiger partial charge in [0.25, 0.3) is 5.97 Å². The third kappa shape index (κ3) is 2.16. The van der Waals surface area contributed by atoms with Crippen LogP contribution >= 0.6 is 0 Å². The molecule has 3 rings (SSSR count). The van der Waals surface area contributed by atoms with E-state index in [9.17, 15) is 9.59 Å². The molecular formula is C14H7LiO4. The number of rotatable bonds is 1. The van der Waals surface area contributed by atoms with Crippen molar-refractivity contribution in [3.63, 3.8) is 0 Å². The van der Waals surface area contributed by atoms with Crippen molar-refractivity contribution in [3.05, 3.63) is 58.3 Å². The molecule has 0 atom stereocenters. The fraction of sp³-hybridized carbons (Fsp3) is 0. The number of aromatic carboxylic acids is 1. The molecule has 1 N–H and O–H groups in total.